The maximum absolute atomic E-state index is 12.9. The van der Waals surface area contributed by atoms with Gasteiger partial charge in [0.1, 0.15) is 0 Å². The van der Waals surface area contributed by atoms with Crippen molar-refractivity contribution in [2.24, 2.45) is 0 Å². The molecule has 92 valence electrons. The maximum atomic E-state index is 12.9. The van der Waals surface area contributed by atoms with E-state index in [9.17, 15) is 18.0 Å². The van der Waals surface area contributed by atoms with E-state index < -0.39 is 11.7 Å². The summed E-state index contributed by atoms with van der Waals surface area (Å²) in [5.41, 5.74) is -0.139. The second-order valence-corrected chi connectivity index (χ2v) is 4.72. The van der Waals surface area contributed by atoms with Gasteiger partial charge >= 0.3 is 6.18 Å². The third-order valence-electron chi connectivity index (χ3n) is 2.85. The molecule has 6 heteroatoms. The van der Waals surface area contributed by atoms with Crippen molar-refractivity contribution in [3.8, 4) is 0 Å². The van der Waals surface area contributed by atoms with Gasteiger partial charge in [-0.1, -0.05) is 15.9 Å². The minimum atomic E-state index is -4.41. The van der Waals surface area contributed by atoms with Crippen LogP contribution in [0.1, 0.15) is 17.5 Å². The predicted molar refractivity (Wildman–Crippen MR) is 60.9 cm³/mol. The van der Waals surface area contributed by atoms with Crippen LogP contribution in [0.3, 0.4) is 0 Å². The first-order valence-electron chi connectivity index (χ1n) is 4.97. The Hall–Kier alpha value is -1.04. The van der Waals surface area contributed by atoms with Crippen molar-refractivity contribution < 1.29 is 18.0 Å². The molecular weight excluding hydrogens is 299 g/mol. The van der Waals surface area contributed by atoms with Crippen molar-refractivity contribution in [3.05, 3.63) is 27.7 Å². The highest BCUT2D eigenvalue weighted by Crippen LogP contribution is 2.42. The lowest BCUT2D eigenvalue weighted by Crippen LogP contribution is -2.32. The highest BCUT2D eigenvalue weighted by Gasteiger charge is 2.38. The molecule has 2 rings (SSSR count). The zero-order valence-electron chi connectivity index (χ0n) is 8.94. The van der Waals surface area contributed by atoms with Crippen LogP contribution in [-0.2, 0) is 17.4 Å². The summed E-state index contributed by atoms with van der Waals surface area (Å²) >= 11 is 2.92. The number of hydrogen-bond donors (Lipinski definition) is 0. The summed E-state index contributed by atoms with van der Waals surface area (Å²) in [4.78, 5) is 12.7. The van der Waals surface area contributed by atoms with E-state index in [1.165, 1.54) is 24.1 Å². The average Bonchev–Trinajstić information content (AvgIpc) is 2.21. The summed E-state index contributed by atoms with van der Waals surface area (Å²) in [5.74, 6) is -0.159. The van der Waals surface area contributed by atoms with Crippen molar-refractivity contribution >= 4 is 27.5 Å². The summed E-state index contributed by atoms with van der Waals surface area (Å²) < 4.78 is 38.8. The van der Waals surface area contributed by atoms with Crippen LogP contribution in [0, 0.1) is 0 Å². The first-order chi connectivity index (χ1) is 7.82. The molecule has 0 aromatic heterocycles. The van der Waals surface area contributed by atoms with Crippen molar-refractivity contribution in [1.29, 1.82) is 0 Å². The second-order valence-electron chi connectivity index (χ2n) is 3.87. The summed E-state index contributed by atoms with van der Waals surface area (Å²) in [6.07, 6.45) is -4.17. The van der Waals surface area contributed by atoms with E-state index in [-0.39, 0.29) is 28.8 Å². The molecule has 1 heterocycles. The van der Waals surface area contributed by atoms with Gasteiger partial charge in [0.25, 0.3) is 0 Å². The number of anilines is 1. The van der Waals surface area contributed by atoms with Gasteiger partial charge in [-0.2, -0.15) is 13.2 Å². The smallest absolute Gasteiger partial charge is 0.315 e. The lowest BCUT2D eigenvalue weighted by Gasteiger charge is -2.28. The first kappa shape index (κ1) is 12.4. The minimum absolute atomic E-state index is 0.0199. The fourth-order valence-electron chi connectivity index (χ4n) is 2.02. The number of nitrogens with zero attached hydrogens (tertiary/aromatic N) is 1. The van der Waals surface area contributed by atoms with Gasteiger partial charge in [-0.15, -0.1) is 0 Å². The fourth-order valence-corrected chi connectivity index (χ4v) is 2.61. The topological polar surface area (TPSA) is 20.3 Å². The van der Waals surface area contributed by atoms with Gasteiger partial charge in [-0.05, 0) is 24.1 Å². The molecule has 0 saturated heterocycles. The van der Waals surface area contributed by atoms with Crippen molar-refractivity contribution in [2.45, 2.75) is 19.0 Å². The Bertz CT molecular complexity index is 484. The van der Waals surface area contributed by atoms with Gasteiger partial charge in [-0.25, -0.2) is 0 Å². The lowest BCUT2D eigenvalue weighted by atomic mass is 9.96. The zero-order chi connectivity index (χ0) is 12.8. The van der Waals surface area contributed by atoms with Crippen LogP contribution >= 0.6 is 15.9 Å². The Morgan fingerprint density at radius 2 is 1.94 bits per heavy atom. The molecule has 17 heavy (non-hydrogen) atoms. The molecular formula is C11H9BrF3NO. The third-order valence-corrected chi connectivity index (χ3v) is 3.51. The molecule has 2 nitrogen and oxygen atoms in total. The Balaban J connectivity index is 2.66. The molecule has 0 radical (unpaired) electrons. The van der Waals surface area contributed by atoms with Crippen LogP contribution < -0.4 is 4.90 Å². The van der Waals surface area contributed by atoms with Crippen molar-refractivity contribution in [2.75, 3.05) is 11.9 Å². The molecule has 0 N–H and O–H groups in total. The molecule has 1 aromatic rings. The number of hydrogen-bond acceptors (Lipinski definition) is 1. The average molecular weight is 308 g/mol. The standard InChI is InChI=1S/C11H9BrF3NO/c1-16-8-4-3-7(12)10(11(13,14)15)6(8)2-5-9(16)17/h3-4H,2,5H2,1H3. The van der Waals surface area contributed by atoms with Crippen LogP contribution in [0.15, 0.2) is 16.6 Å². The molecule has 0 bridgehead atoms. The summed E-state index contributed by atoms with van der Waals surface area (Å²) in [7, 11) is 1.49. The van der Waals surface area contributed by atoms with Gasteiger partial charge in [0, 0.05) is 23.6 Å². The van der Waals surface area contributed by atoms with E-state index in [1.807, 2.05) is 0 Å². The number of benzene rings is 1. The van der Waals surface area contributed by atoms with Gasteiger partial charge in [0.05, 0.1) is 5.56 Å². The molecule has 0 atom stereocenters. The summed E-state index contributed by atoms with van der Waals surface area (Å²) in [6.45, 7) is 0. The normalized spacial score (nSPS) is 16.1. The van der Waals surface area contributed by atoms with E-state index in [0.29, 0.717) is 5.69 Å². The van der Waals surface area contributed by atoms with E-state index in [4.69, 9.17) is 0 Å². The predicted octanol–water partition coefficient (Wildman–Crippen LogP) is 3.38. The molecule has 0 fully saturated rings. The number of fused-ring (bicyclic) bond motifs is 1. The van der Waals surface area contributed by atoms with Crippen LogP contribution in [0.4, 0.5) is 18.9 Å². The Morgan fingerprint density at radius 3 is 2.53 bits per heavy atom. The molecule has 0 aliphatic carbocycles. The molecule has 1 aromatic carbocycles. The number of carbonyl (C=O) groups excluding carboxylic acids is 1. The quantitative estimate of drug-likeness (QED) is 0.719. The zero-order valence-corrected chi connectivity index (χ0v) is 10.5. The number of alkyl halides is 3. The summed E-state index contributed by atoms with van der Waals surface area (Å²) in [6, 6.07) is 2.86. The van der Waals surface area contributed by atoms with Gasteiger partial charge in [0.2, 0.25) is 5.91 Å². The molecule has 0 saturated carbocycles. The second kappa shape index (κ2) is 4.01. The number of halogens is 4. The summed E-state index contributed by atoms with van der Waals surface area (Å²) in [5, 5.41) is 0. The number of amides is 1. The van der Waals surface area contributed by atoms with Crippen LogP contribution in [0.25, 0.3) is 0 Å². The first-order valence-corrected chi connectivity index (χ1v) is 5.77. The molecule has 1 aliphatic rings. The van der Waals surface area contributed by atoms with Crippen molar-refractivity contribution in [1.82, 2.24) is 0 Å². The minimum Gasteiger partial charge on any atom is -0.315 e. The molecule has 1 amide bonds. The third kappa shape index (κ3) is 2.06. The fraction of sp³-hybridized carbons (Fsp3) is 0.364. The molecule has 0 unspecified atom stereocenters. The van der Waals surface area contributed by atoms with E-state index in [0.717, 1.165) is 0 Å². The largest absolute Gasteiger partial charge is 0.417 e. The van der Waals surface area contributed by atoms with E-state index in [2.05, 4.69) is 15.9 Å². The number of carbonyl (C=O) groups is 1. The van der Waals surface area contributed by atoms with Crippen LogP contribution in [0.2, 0.25) is 0 Å². The van der Waals surface area contributed by atoms with Gasteiger partial charge in [-0.3, -0.25) is 4.79 Å². The highest BCUT2D eigenvalue weighted by atomic mass is 79.9. The molecule has 0 spiro atoms. The van der Waals surface area contributed by atoms with Crippen LogP contribution in [-0.4, -0.2) is 13.0 Å². The Morgan fingerprint density at radius 1 is 1.29 bits per heavy atom. The van der Waals surface area contributed by atoms with Gasteiger partial charge in [0.15, 0.2) is 0 Å². The Labute approximate surface area is 105 Å². The SMILES string of the molecule is CN1C(=O)CCc2c1ccc(Br)c2C(F)(F)F. The van der Waals surface area contributed by atoms with E-state index in [1.54, 1.807) is 0 Å². The maximum Gasteiger partial charge on any atom is 0.417 e. The van der Waals surface area contributed by atoms with Crippen LogP contribution in [0.5, 0.6) is 0 Å². The monoisotopic (exact) mass is 307 g/mol. The highest BCUT2D eigenvalue weighted by molar-refractivity contribution is 9.10. The molecule has 1 aliphatic heterocycles. The lowest BCUT2D eigenvalue weighted by molar-refractivity contribution is -0.139. The van der Waals surface area contributed by atoms with Crippen molar-refractivity contribution in [3.63, 3.8) is 0 Å². The van der Waals surface area contributed by atoms with E-state index >= 15 is 0 Å². The number of rotatable bonds is 0. The van der Waals surface area contributed by atoms with Gasteiger partial charge < -0.3 is 4.90 Å². The Kier molecular flexibility index (Phi) is 2.93.